The van der Waals surface area contributed by atoms with Gasteiger partial charge in [0.1, 0.15) is 11.6 Å². The summed E-state index contributed by atoms with van der Waals surface area (Å²) in [7, 11) is 4.19. The molecule has 1 spiro atoms. The van der Waals surface area contributed by atoms with Crippen molar-refractivity contribution >= 4 is 5.78 Å². The van der Waals surface area contributed by atoms with Crippen molar-refractivity contribution in [3.05, 3.63) is 59.2 Å². The molecular weight excluding hydrogens is 517 g/mol. The smallest absolute Gasteiger partial charge is 0.174 e. The Morgan fingerprint density at radius 2 is 1.97 bits per heavy atom. The van der Waals surface area contributed by atoms with Gasteiger partial charge in [-0.2, -0.15) is 0 Å². The van der Waals surface area contributed by atoms with E-state index >= 15 is 0 Å². The number of ketones is 1. The minimum Gasteiger partial charge on any atom is -1.00 e. The number of piperidine rings is 1. The van der Waals surface area contributed by atoms with Crippen molar-refractivity contribution in [2.24, 2.45) is 0 Å². The summed E-state index contributed by atoms with van der Waals surface area (Å²) in [6, 6.07) is 14.7. The molecule has 2 heterocycles. The van der Waals surface area contributed by atoms with Crippen LogP contribution in [0.15, 0.2) is 42.5 Å². The number of likely N-dealkylation sites (tertiary alicyclic amines) is 1. The van der Waals surface area contributed by atoms with Gasteiger partial charge in [-0.25, -0.2) is 0 Å². The number of halogens is 1. The normalized spacial score (nSPS) is 36.1. The van der Waals surface area contributed by atoms with Gasteiger partial charge in [0.15, 0.2) is 23.4 Å². The quantitative estimate of drug-likeness (QED) is 0.438. The molecule has 5 nitrogen and oxygen atoms in total. The first-order chi connectivity index (χ1) is 15.0. The molecule has 1 saturated carbocycles. The number of ether oxygens (including phenoxy) is 2. The van der Waals surface area contributed by atoms with E-state index < -0.39 is 17.1 Å². The van der Waals surface area contributed by atoms with Gasteiger partial charge in [0.2, 0.25) is 0 Å². The summed E-state index contributed by atoms with van der Waals surface area (Å²) >= 11 is 0. The molecule has 2 bridgehead atoms. The van der Waals surface area contributed by atoms with Crippen LogP contribution >= 0.6 is 0 Å². The number of Topliss-reactive ketones (excluding diaryl/α,β-unsaturated/α-hetero) is 1. The summed E-state index contributed by atoms with van der Waals surface area (Å²) in [6.07, 6.45) is 3.39. The second-order valence-corrected chi connectivity index (χ2v) is 10.1. The van der Waals surface area contributed by atoms with Crippen LogP contribution in [0.2, 0.25) is 0 Å². The molecule has 0 amide bonds. The molecule has 2 aromatic rings. The first kappa shape index (κ1) is 22.2. The SMILES string of the molecule is CO[C@@]12CCC(=O)C3Oc4c(O)ccc5c4[C@@]31CC[N@+](C)(CCc1ccccc1)C2C5.[I-]. The van der Waals surface area contributed by atoms with E-state index in [-0.39, 0.29) is 41.6 Å². The number of hydrogen-bond acceptors (Lipinski definition) is 4. The van der Waals surface area contributed by atoms with Gasteiger partial charge in [-0.05, 0) is 23.6 Å². The van der Waals surface area contributed by atoms with Crippen LogP contribution in [0.1, 0.15) is 36.0 Å². The van der Waals surface area contributed by atoms with E-state index in [2.05, 4.69) is 37.4 Å². The number of nitrogens with zero attached hydrogens (tertiary/aromatic N) is 1. The fourth-order valence-corrected chi connectivity index (χ4v) is 7.51. The lowest BCUT2D eigenvalue weighted by Gasteiger charge is -2.65. The number of carbonyl (C=O) groups excluding carboxylic acids is 1. The monoisotopic (exact) mass is 547 g/mol. The number of hydrogen-bond donors (Lipinski definition) is 1. The summed E-state index contributed by atoms with van der Waals surface area (Å²) in [4.78, 5) is 13.1. The summed E-state index contributed by atoms with van der Waals surface area (Å²) in [5.74, 6) is 0.818. The van der Waals surface area contributed by atoms with Crippen molar-refractivity contribution in [2.45, 2.75) is 55.3 Å². The maximum Gasteiger partial charge on any atom is 0.174 e. The molecule has 4 aliphatic rings. The second-order valence-electron chi connectivity index (χ2n) is 10.1. The van der Waals surface area contributed by atoms with Gasteiger partial charge in [-0.15, -0.1) is 0 Å². The van der Waals surface area contributed by atoms with Gasteiger partial charge >= 0.3 is 0 Å². The molecule has 0 radical (unpaired) electrons. The zero-order valence-corrected chi connectivity index (χ0v) is 20.8. The lowest BCUT2D eigenvalue weighted by molar-refractivity contribution is -0.949. The highest BCUT2D eigenvalue weighted by molar-refractivity contribution is 5.90. The largest absolute Gasteiger partial charge is 1.00 e. The van der Waals surface area contributed by atoms with Gasteiger partial charge in [-0.3, -0.25) is 4.79 Å². The standard InChI is InChI=1S/C26H29NO4.HI/c1-27(14-11-17-6-4-3-5-7-17)15-13-25-22-18-8-9-19(28)23(22)31-24(25)20(29)10-12-26(25,30-2)21(27)16-18;/h3-9,21,24H,10-16H2,1-2H3;1H/t21?,24?,25-,26+,27-;/m0./s1. The molecule has 5 atom stereocenters. The van der Waals surface area contributed by atoms with Gasteiger partial charge in [0.05, 0.1) is 25.6 Å². The molecule has 0 aromatic heterocycles. The zero-order chi connectivity index (χ0) is 21.4. The Kier molecular flexibility index (Phi) is 5.15. The van der Waals surface area contributed by atoms with Crippen molar-refractivity contribution in [1.82, 2.24) is 0 Å². The lowest BCUT2D eigenvalue weighted by Crippen LogP contribution is -3.00. The molecular formula is C26H30INO4. The first-order valence-corrected chi connectivity index (χ1v) is 11.4. The Hall–Kier alpha value is -1.64. The van der Waals surface area contributed by atoms with E-state index in [4.69, 9.17) is 9.47 Å². The molecule has 2 aromatic carbocycles. The van der Waals surface area contributed by atoms with Crippen LogP contribution < -0.4 is 28.7 Å². The molecule has 6 heteroatoms. The maximum absolute atomic E-state index is 13.1. The second kappa shape index (κ2) is 7.43. The van der Waals surface area contributed by atoms with E-state index in [1.54, 1.807) is 6.07 Å². The number of phenols is 1. The maximum atomic E-state index is 13.1. The van der Waals surface area contributed by atoms with Crippen LogP contribution in [0, 0.1) is 0 Å². The fraction of sp³-hybridized carbons (Fsp3) is 0.500. The Labute approximate surface area is 206 Å². The van der Waals surface area contributed by atoms with Crippen LogP contribution in [-0.2, 0) is 27.8 Å². The number of carbonyl (C=O) groups is 1. The zero-order valence-electron chi connectivity index (χ0n) is 18.6. The fourth-order valence-electron chi connectivity index (χ4n) is 7.51. The highest BCUT2D eigenvalue weighted by atomic mass is 127. The van der Waals surface area contributed by atoms with Gasteiger partial charge in [0, 0.05) is 38.4 Å². The van der Waals surface area contributed by atoms with E-state index in [0.29, 0.717) is 12.2 Å². The number of phenolic OH excluding ortho intramolecular Hbond substituents is 1. The average molecular weight is 547 g/mol. The van der Waals surface area contributed by atoms with Crippen molar-refractivity contribution in [1.29, 1.82) is 0 Å². The summed E-state index contributed by atoms with van der Waals surface area (Å²) < 4.78 is 13.7. The van der Waals surface area contributed by atoms with Crippen LogP contribution in [-0.4, -0.2) is 60.4 Å². The Bertz CT molecular complexity index is 1070. The molecule has 1 N–H and O–H groups in total. The van der Waals surface area contributed by atoms with Crippen molar-refractivity contribution < 1.29 is 47.8 Å². The minimum atomic E-state index is -0.547. The number of rotatable bonds is 4. The van der Waals surface area contributed by atoms with Crippen LogP contribution in [0.4, 0.5) is 0 Å². The molecule has 170 valence electrons. The summed E-state index contributed by atoms with van der Waals surface area (Å²) in [6.45, 7) is 2.01. The lowest BCUT2D eigenvalue weighted by atomic mass is 9.48. The molecule has 6 rings (SSSR count). The van der Waals surface area contributed by atoms with Gasteiger partial charge in [0.25, 0.3) is 0 Å². The van der Waals surface area contributed by atoms with Crippen LogP contribution in [0.3, 0.4) is 0 Å². The number of aromatic hydroxyl groups is 1. The molecule has 2 aliphatic carbocycles. The Morgan fingerprint density at radius 1 is 1.19 bits per heavy atom. The highest BCUT2D eigenvalue weighted by Gasteiger charge is 2.77. The Balaban J connectivity index is 0.00000216. The first-order valence-electron chi connectivity index (χ1n) is 11.4. The third-order valence-electron chi connectivity index (χ3n) is 8.98. The molecule has 1 saturated heterocycles. The minimum absolute atomic E-state index is 0. The van der Waals surface area contributed by atoms with Crippen LogP contribution in [0.5, 0.6) is 11.5 Å². The van der Waals surface area contributed by atoms with E-state index in [9.17, 15) is 9.90 Å². The third-order valence-corrected chi connectivity index (χ3v) is 8.98. The predicted octanol–water partition coefficient (Wildman–Crippen LogP) is 0.161. The van der Waals surface area contributed by atoms with Crippen LogP contribution in [0.25, 0.3) is 0 Å². The van der Waals surface area contributed by atoms with Crippen molar-refractivity contribution in [3.63, 3.8) is 0 Å². The molecule has 2 aliphatic heterocycles. The molecule has 32 heavy (non-hydrogen) atoms. The molecule has 2 fully saturated rings. The number of methoxy groups -OCH3 is 1. The van der Waals surface area contributed by atoms with Crippen molar-refractivity contribution in [3.8, 4) is 11.5 Å². The van der Waals surface area contributed by atoms with E-state index in [1.165, 1.54) is 11.1 Å². The topological polar surface area (TPSA) is 55.8 Å². The number of likely N-dealkylation sites (N-methyl/N-ethyl adjacent to an activating group) is 1. The number of benzene rings is 2. The van der Waals surface area contributed by atoms with Gasteiger partial charge < -0.3 is 43.0 Å². The third kappa shape index (κ3) is 2.60. The van der Waals surface area contributed by atoms with E-state index in [1.807, 2.05) is 13.2 Å². The number of quaternary nitrogens is 1. The van der Waals surface area contributed by atoms with Gasteiger partial charge in [-0.1, -0.05) is 36.4 Å². The predicted molar refractivity (Wildman–Crippen MR) is 116 cm³/mol. The highest BCUT2D eigenvalue weighted by Crippen LogP contribution is 2.66. The van der Waals surface area contributed by atoms with E-state index in [0.717, 1.165) is 48.8 Å². The summed E-state index contributed by atoms with van der Waals surface area (Å²) in [5.41, 5.74) is 2.68. The Morgan fingerprint density at radius 3 is 2.72 bits per heavy atom. The molecule has 2 unspecified atom stereocenters. The summed E-state index contributed by atoms with van der Waals surface area (Å²) in [5, 5.41) is 10.6. The average Bonchev–Trinajstić information content (AvgIpc) is 3.16. The van der Waals surface area contributed by atoms with Crippen molar-refractivity contribution in [2.75, 3.05) is 27.2 Å².